The summed E-state index contributed by atoms with van der Waals surface area (Å²) in [6, 6.07) is -0.0768. The molecule has 5 heteroatoms. The molecule has 1 amide bonds. The summed E-state index contributed by atoms with van der Waals surface area (Å²) in [6.45, 7) is 8.19. The Balaban J connectivity index is 1.95. The van der Waals surface area contributed by atoms with Gasteiger partial charge in [-0.3, -0.25) is 4.79 Å². The average Bonchev–Trinajstić information content (AvgIpc) is 2.60. The van der Waals surface area contributed by atoms with Crippen LogP contribution in [0.5, 0.6) is 0 Å². The SMILES string of the molecule is CC[C@H]1OC2CC=CCN(C(C)=O)[C@@H]2[C@H]2OC(C)(C)O[C@H]21. The molecular formula is C16H25NO4. The van der Waals surface area contributed by atoms with Gasteiger partial charge < -0.3 is 19.1 Å². The van der Waals surface area contributed by atoms with Crippen LogP contribution in [-0.4, -0.2) is 53.6 Å². The van der Waals surface area contributed by atoms with Crippen LogP contribution >= 0.6 is 0 Å². The molecule has 0 N–H and O–H groups in total. The summed E-state index contributed by atoms with van der Waals surface area (Å²) in [5.41, 5.74) is 0. The van der Waals surface area contributed by atoms with Crippen LogP contribution in [0.2, 0.25) is 0 Å². The number of nitrogens with zero attached hydrogens (tertiary/aromatic N) is 1. The van der Waals surface area contributed by atoms with Gasteiger partial charge in [0.2, 0.25) is 5.91 Å². The lowest BCUT2D eigenvalue weighted by atomic mass is 9.89. The summed E-state index contributed by atoms with van der Waals surface area (Å²) >= 11 is 0. The summed E-state index contributed by atoms with van der Waals surface area (Å²) in [6.07, 6.45) is 5.63. The number of carbonyl (C=O) groups is 1. The molecule has 3 aliphatic heterocycles. The van der Waals surface area contributed by atoms with E-state index in [1.165, 1.54) is 0 Å². The van der Waals surface area contributed by atoms with Crippen LogP contribution in [-0.2, 0) is 19.0 Å². The van der Waals surface area contributed by atoms with Gasteiger partial charge in [0.1, 0.15) is 12.2 Å². The van der Waals surface area contributed by atoms with Crippen molar-refractivity contribution in [3.8, 4) is 0 Å². The summed E-state index contributed by atoms with van der Waals surface area (Å²) in [4.78, 5) is 13.9. The highest BCUT2D eigenvalue weighted by atomic mass is 16.8. The van der Waals surface area contributed by atoms with E-state index in [0.29, 0.717) is 6.54 Å². The summed E-state index contributed by atoms with van der Waals surface area (Å²) < 4.78 is 18.5. The van der Waals surface area contributed by atoms with E-state index < -0.39 is 5.79 Å². The van der Waals surface area contributed by atoms with Crippen molar-refractivity contribution in [1.82, 2.24) is 4.90 Å². The van der Waals surface area contributed by atoms with E-state index in [-0.39, 0.29) is 36.4 Å². The van der Waals surface area contributed by atoms with Gasteiger partial charge in [0, 0.05) is 13.5 Å². The van der Waals surface area contributed by atoms with Crippen LogP contribution in [0.15, 0.2) is 12.2 Å². The Hall–Kier alpha value is -0.910. The van der Waals surface area contributed by atoms with Crippen LogP contribution in [0.25, 0.3) is 0 Å². The van der Waals surface area contributed by atoms with Gasteiger partial charge in [0.05, 0.1) is 18.2 Å². The molecule has 0 radical (unpaired) electrons. The third-order valence-electron chi connectivity index (χ3n) is 4.60. The molecule has 0 saturated carbocycles. The molecule has 3 aliphatic rings. The van der Waals surface area contributed by atoms with Gasteiger partial charge in [0.15, 0.2) is 5.79 Å². The molecule has 5 nitrogen and oxygen atoms in total. The topological polar surface area (TPSA) is 48.0 Å². The first-order chi connectivity index (χ1) is 9.93. The fourth-order valence-corrected chi connectivity index (χ4v) is 3.74. The molecule has 0 aromatic heterocycles. The zero-order valence-electron chi connectivity index (χ0n) is 13.2. The second-order valence-corrected chi connectivity index (χ2v) is 6.56. The highest BCUT2D eigenvalue weighted by Gasteiger charge is 2.56. The normalized spacial score (nSPS) is 41.3. The first-order valence-corrected chi connectivity index (χ1v) is 7.86. The minimum Gasteiger partial charge on any atom is -0.370 e. The molecule has 1 unspecified atom stereocenters. The number of amides is 1. The molecule has 0 aromatic carbocycles. The van der Waals surface area contributed by atoms with E-state index in [1.54, 1.807) is 6.92 Å². The fourth-order valence-electron chi connectivity index (χ4n) is 3.74. The number of hydrogen-bond acceptors (Lipinski definition) is 4. The smallest absolute Gasteiger partial charge is 0.220 e. The lowest BCUT2D eigenvalue weighted by Crippen LogP contribution is -2.62. The Kier molecular flexibility index (Phi) is 3.84. The Morgan fingerprint density at radius 3 is 2.67 bits per heavy atom. The fraction of sp³-hybridized carbons (Fsp3) is 0.812. The van der Waals surface area contributed by atoms with E-state index in [1.807, 2.05) is 24.8 Å². The first kappa shape index (κ1) is 15.0. The zero-order chi connectivity index (χ0) is 15.2. The molecular weight excluding hydrogens is 270 g/mol. The van der Waals surface area contributed by atoms with Gasteiger partial charge in [-0.15, -0.1) is 0 Å². The molecule has 118 valence electrons. The molecule has 21 heavy (non-hydrogen) atoms. The maximum absolute atomic E-state index is 12.0. The van der Waals surface area contributed by atoms with E-state index in [0.717, 1.165) is 12.8 Å². The number of fused-ring (bicyclic) bond motifs is 3. The molecule has 0 spiro atoms. The second-order valence-electron chi connectivity index (χ2n) is 6.56. The van der Waals surface area contributed by atoms with Gasteiger partial charge in [-0.1, -0.05) is 19.1 Å². The minimum absolute atomic E-state index is 0.0173. The van der Waals surface area contributed by atoms with Crippen molar-refractivity contribution in [1.29, 1.82) is 0 Å². The molecule has 5 atom stereocenters. The molecule has 2 saturated heterocycles. The number of carbonyl (C=O) groups excluding carboxylic acids is 1. The lowest BCUT2D eigenvalue weighted by Gasteiger charge is -2.45. The first-order valence-electron chi connectivity index (χ1n) is 7.86. The Bertz CT molecular complexity index is 448. The zero-order valence-corrected chi connectivity index (χ0v) is 13.2. The van der Waals surface area contributed by atoms with Crippen LogP contribution < -0.4 is 0 Å². The number of rotatable bonds is 1. The summed E-state index contributed by atoms with van der Waals surface area (Å²) in [7, 11) is 0. The van der Waals surface area contributed by atoms with Gasteiger partial charge in [-0.2, -0.15) is 0 Å². The quantitative estimate of drug-likeness (QED) is 0.693. The largest absolute Gasteiger partial charge is 0.370 e. The standard InChI is InChI=1S/C16H25NO4/c1-5-11-14-15(21-16(3,4)20-14)13-12(19-11)8-6-7-9-17(13)10(2)18/h6-7,11-15H,5,8-9H2,1-4H3/t11-,12?,13+,14+,15-/m1/s1. The van der Waals surface area contributed by atoms with Crippen LogP contribution in [0.1, 0.15) is 40.5 Å². The molecule has 0 aromatic rings. The van der Waals surface area contributed by atoms with Gasteiger partial charge in [0.25, 0.3) is 0 Å². The van der Waals surface area contributed by atoms with Gasteiger partial charge in [-0.25, -0.2) is 0 Å². The molecule has 0 bridgehead atoms. The monoisotopic (exact) mass is 295 g/mol. The van der Waals surface area contributed by atoms with Crippen molar-refractivity contribution in [3.63, 3.8) is 0 Å². The number of hydrogen-bond donors (Lipinski definition) is 0. The molecule has 2 fully saturated rings. The van der Waals surface area contributed by atoms with Gasteiger partial charge in [-0.05, 0) is 26.7 Å². The molecule has 3 rings (SSSR count). The average molecular weight is 295 g/mol. The predicted octanol–water partition coefficient (Wildman–Crippen LogP) is 1.86. The minimum atomic E-state index is -0.622. The molecule has 0 aliphatic carbocycles. The Labute approximate surface area is 126 Å². The maximum atomic E-state index is 12.0. The maximum Gasteiger partial charge on any atom is 0.220 e. The van der Waals surface area contributed by atoms with E-state index in [2.05, 4.69) is 13.0 Å². The Morgan fingerprint density at radius 2 is 2.00 bits per heavy atom. The van der Waals surface area contributed by atoms with E-state index in [9.17, 15) is 4.79 Å². The molecule has 3 heterocycles. The van der Waals surface area contributed by atoms with Crippen molar-refractivity contribution < 1.29 is 19.0 Å². The third kappa shape index (κ3) is 2.62. The lowest BCUT2D eigenvalue weighted by molar-refractivity contribution is -0.174. The Morgan fingerprint density at radius 1 is 1.29 bits per heavy atom. The van der Waals surface area contributed by atoms with Crippen molar-refractivity contribution in [2.45, 2.75) is 76.8 Å². The highest BCUT2D eigenvalue weighted by molar-refractivity contribution is 5.74. The second kappa shape index (κ2) is 5.38. The van der Waals surface area contributed by atoms with Crippen LogP contribution in [0, 0.1) is 0 Å². The number of ether oxygens (including phenoxy) is 3. The van der Waals surface area contributed by atoms with E-state index >= 15 is 0 Å². The van der Waals surface area contributed by atoms with Crippen LogP contribution in [0.3, 0.4) is 0 Å². The van der Waals surface area contributed by atoms with Crippen molar-refractivity contribution in [3.05, 3.63) is 12.2 Å². The van der Waals surface area contributed by atoms with E-state index in [4.69, 9.17) is 14.2 Å². The van der Waals surface area contributed by atoms with Crippen molar-refractivity contribution in [2.75, 3.05) is 6.54 Å². The van der Waals surface area contributed by atoms with Crippen LogP contribution in [0.4, 0.5) is 0 Å². The third-order valence-corrected chi connectivity index (χ3v) is 4.60. The highest BCUT2D eigenvalue weighted by Crippen LogP contribution is 2.41. The summed E-state index contributed by atoms with van der Waals surface area (Å²) in [5.74, 6) is -0.564. The van der Waals surface area contributed by atoms with Crippen molar-refractivity contribution >= 4 is 5.91 Å². The summed E-state index contributed by atoms with van der Waals surface area (Å²) in [5, 5.41) is 0. The van der Waals surface area contributed by atoms with Crippen molar-refractivity contribution in [2.24, 2.45) is 0 Å². The van der Waals surface area contributed by atoms with Gasteiger partial charge >= 0.3 is 0 Å². The predicted molar refractivity (Wildman–Crippen MR) is 77.7 cm³/mol.